The van der Waals surface area contributed by atoms with E-state index in [-0.39, 0.29) is 11.7 Å². The summed E-state index contributed by atoms with van der Waals surface area (Å²) in [7, 11) is 0. The molecule has 2 heterocycles. The van der Waals surface area contributed by atoms with Crippen molar-refractivity contribution in [3.8, 4) is 0 Å². The number of hydrogen-bond acceptors (Lipinski definition) is 4. The van der Waals surface area contributed by atoms with Crippen LogP contribution in [0.1, 0.15) is 54.1 Å². The van der Waals surface area contributed by atoms with E-state index in [1.807, 2.05) is 17.0 Å². The largest absolute Gasteiger partial charge is 0.450 e. The van der Waals surface area contributed by atoms with Crippen molar-refractivity contribution in [2.45, 2.75) is 45.4 Å². The predicted octanol–water partition coefficient (Wildman–Crippen LogP) is 2.62. The number of carbonyl (C=O) groups excluding carboxylic acids is 3. The lowest BCUT2D eigenvalue weighted by Crippen LogP contribution is -2.32. The Hall–Kier alpha value is -2.37. The molecule has 1 aromatic rings. The minimum atomic E-state index is -0.411. The number of amides is 2. The molecule has 0 atom stereocenters. The molecule has 3 rings (SSSR count). The molecule has 25 heavy (non-hydrogen) atoms. The highest BCUT2D eigenvalue weighted by atomic mass is 16.5. The van der Waals surface area contributed by atoms with Crippen LogP contribution in [0.2, 0.25) is 0 Å². The fraction of sp³-hybridized carbons (Fsp3) is 0.526. The van der Waals surface area contributed by atoms with Crippen molar-refractivity contribution in [2.24, 2.45) is 0 Å². The van der Waals surface area contributed by atoms with E-state index in [1.54, 1.807) is 6.92 Å². The third kappa shape index (κ3) is 3.83. The monoisotopic (exact) mass is 344 g/mol. The third-order valence-corrected chi connectivity index (χ3v) is 4.75. The number of nitrogens with zero attached hydrogens (tertiary/aromatic N) is 1. The molecule has 6 nitrogen and oxygen atoms in total. The second-order valence-electron chi connectivity index (χ2n) is 6.47. The lowest BCUT2D eigenvalue weighted by Gasteiger charge is -2.25. The molecule has 0 saturated heterocycles. The lowest BCUT2D eigenvalue weighted by molar-refractivity contribution is -0.118. The van der Waals surface area contributed by atoms with Crippen molar-refractivity contribution in [2.75, 3.05) is 24.6 Å². The fourth-order valence-corrected chi connectivity index (χ4v) is 3.55. The van der Waals surface area contributed by atoms with Gasteiger partial charge in [0, 0.05) is 31.5 Å². The lowest BCUT2D eigenvalue weighted by atomic mass is 9.94. The second-order valence-corrected chi connectivity index (χ2v) is 6.47. The van der Waals surface area contributed by atoms with Gasteiger partial charge in [-0.25, -0.2) is 4.79 Å². The molecule has 2 aliphatic rings. The highest BCUT2D eigenvalue weighted by Crippen LogP contribution is 2.37. The molecule has 2 amide bonds. The Kier molecular flexibility index (Phi) is 5.36. The molecule has 0 aromatic heterocycles. The molecule has 0 aliphatic carbocycles. The van der Waals surface area contributed by atoms with Crippen molar-refractivity contribution in [1.82, 2.24) is 5.32 Å². The predicted molar refractivity (Wildman–Crippen MR) is 94.0 cm³/mol. The molecule has 1 aromatic carbocycles. The first-order chi connectivity index (χ1) is 12.1. The zero-order valence-electron chi connectivity index (χ0n) is 14.6. The smallest absolute Gasteiger partial charge is 0.407 e. The van der Waals surface area contributed by atoms with Crippen LogP contribution >= 0.6 is 0 Å². The fourth-order valence-electron chi connectivity index (χ4n) is 3.55. The molecule has 0 spiro atoms. The number of nitrogens with one attached hydrogen (secondary N) is 1. The number of unbranched alkanes of at least 4 members (excludes halogenated alkanes) is 1. The van der Waals surface area contributed by atoms with Gasteiger partial charge in [-0.15, -0.1) is 0 Å². The summed E-state index contributed by atoms with van der Waals surface area (Å²) in [4.78, 5) is 37.5. The standard InChI is InChI=1S/C19H24N2O4/c1-2-25-19(24)20-9-4-3-5-16(22)15-11-13-6-7-17(23)21-10-8-14(12-15)18(13)21/h11-12H,2-10H2,1H3,(H,20,24). The first-order valence-electron chi connectivity index (χ1n) is 9.00. The van der Waals surface area contributed by atoms with Crippen LogP contribution in [0.15, 0.2) is 12.1 Å². The normalized spacial score (nSPS) is 15.1. The average molecular weight is 344 g/mol. The quantitative estimate of drug-likeness (QED) is 0.609. The van der Waals surface area contributed by atoms with E-state index in [4.69, 9.17) is 4.74 Å². The van der Waals surface area contributed by atoms with Gasteiger partial charge in [0.15, 0.2) is 5.78 Å². The minimum Gasteiger partial charge on any atom is -0.450 e. The van der Waals surface area contributed by atoms with E-state index in [9.17, 15) is 14.4 Å². The number of ether oxygens (including phenoxy) is 1. The van der Waals surface area contributed by atoms with Crippen LogP contribution in [-0.4, -0.2) is 37.5 Å². The number of anilines is 1. The maximum Gasteiger partial charge on any atom is 0.407 e. The molecule has 0 fully saturated rings. The van der Waals surface area contributed by atoms with Gasteiger partial charge in [-0.2, -0.15) is 0 Å². The number of carbonyl (C=O) groups is 3. The van der Waals surface area contributed by atoms with Crippen molar-refractivity contribution in [1.29, 1.82) is 0 Å². The van der Waals surface area contributed by atoms with Crippen LogP contribution in [0.25, 0.3) is 0 Å². The van der Waals surface area contributed by atoms with Crippen LogP contribution < -0.4 is 10.2 Å². The summed E-state index contributed by atoms with van der Waals surface area (Å²) in [5, 5.41) is 2.66. The van der Waals surface area contributed by atoms with Crippen LogP contribution in [0.4, 0.5) is 10.5 Å². The molecule has 134 valence electrons. The van der Waals surface area contributed by atoms with E-state index in [0.717, 1.165) is 54.6 Å². The Morgan fingerprint density at radius 3 is 2.68 bits per heavy atom. The summed E-state index contributed by atoms with van der Waals surface area (Å²) in [5.74, 6) is 0.324. The molecule has 1 N–H and O–H groups in total. The Morgan fingerprint density at radius 1 is 1.16 bits per heavy atom. The Morgan fingerprint density at radius 2 is 1.92 bits per heavy atom. The Bertz CT molecular complexity index is 699. The van der Waals surface area contributed by atoms with E-state index in [2.05, 4.69) is 5.32 Å². The number of Topliss-reactive ketones (excluding diaryl/α,β-unsaturated/α-hetero) is 1. The summed E-state index contributed by atoms with van der Waals surface area (Å²) in [6.45, 7) is 3.36. The van der Waals surface area contributed by atoms with Crippen LogP contribution in [0, 0.1) is 0 Å². The van der Waals surface area contributed by atoms with Gasteiger partial charge in [0.1, 0.15) is 0 Å². The topological polar surface area (TPSA) is 75.7 Å². The van der Waals surface area contributed by atoms with E-state index in [1.165, 1.54) is 0 Å². The number of benzene rings is 1. The van der Waals surface area contributed by atoms with Crippen molar-refractivity contribution in [3.05, 3.63) is 28.8 Å². The summed E-state index contributed by atoms with van der Waals surface area (Å²) in [6.07, 6.45) is 3.61. The molecular formula is C19H24N2O4. The molecular weight excluding hydrogens is 320 g/mol. The highest BCUT2D eigenvalue weighted by Gasteiger charge is 2.31. The highest BCUT2D eigenvalue weighted by molar-refractivity contribution is 6.02. The number of hydrogen-bond donors (Lipinski definition) is 1. The first-order valence-corrected chi connectivity index (χ1v) is 9.00. The first kappa shape index (κ1) is 17.5. The average Bonchev–Trinajstić information content (AvgIpc) is 3.03. The van der Waals surface area contributed by atoms with Gasteiger partial charge in [0.25, 0.3) is 0 Å². The summed E-state index contributed by atoms with van der Waals surface area (Å²) in [5.41, 5.74) is 4.05. The van der Waals surface area contributed by atoms with Crippen LogP contribution in [-0.2, 0) is 22.4 Å². The third-order valence-electron chi connectivity index (χ3n) is 4.75. The second kappa shape index (κ2) is 7.68. The molecule has 0 saturated carbocycles. The Balaban J connectivity index is 1.54. The molecule has 2 aliphatic heterocycles. The molecule has 0 radical (unpaired) electrons. The maximum atomic E-state index is 12.5. The zero-order chi connectivity index (χ0) is 17.8. The number of ketones is 1. The number of rotatable bonds is 7. The van der Waals surface area contributed by atoms with Gasteiger partial charge >= 0.3 is 6.09 Å². The van der Waals surface area contributed by atoms with E-state index < -0.39 is 6.09 Å². The van der Waals surface area contributed by atoms with Crippen LogP contribution in [0.5, 0.6) is 0 Å². The summed E-state index contributed by atoms with van der Waals surface area (Å²) < 4.78 is 4.78. The van der Waals surface area contributed by atoms with E-state index in [0.29, 0.717) is 26.0 Å². The summed E-state index contributed by atoms with van der Waals surface area (Å²) >= 11 is 0. The van der Waals surface area contributed by atoms with Gasteiger partial charge in [-0.05, 0) is 55.9 Å². The van der Waals surface area contributed by atoms with Gasteiger partial charge in [-0.3, -0.25) is 9.59 Å². The minimum absolute atomic E-state index is 0.130. The van der Waals surface area contributed by atoms with Crippen molar-refractivity contribution >= 4 is 23.5 Å². The van der Waals surface area contributed by atoms with Crippen LogP contribution in [0.3, 0.4) is 0 Å². The van der Waals surface area contributed by atoms with Gasteiger partial charge in [0.05, 0.1) is 12.3 Å². The van der Waals surface area contributed by atoms with Crippen molar-refractivity contribution in [3.63, 3.8) is 0 Å². The Labute approximate surface area is 147 Å². The SMILES string of the molecule is CCOC(=O)NCCCCC(=O)c1cc2c3c(c1)CCN3C(=O)CC2. The molecule has 0 bridgehead atoms. The zero-order valence-corrected chi connectivity index (χ0v) is 14.6. The molecule has 6 heteroatoms. The van der Waals surface area contributed by atoms with Gasteiger partial charge in [-0.1, -0.05) is 0 Å². The van der Waals surface area contributed by atoms with Crippen molar-refractivity contribution < 1.29 is 19.1 Å². The van der Waals surface area contributed by atoms with Gasteiger partial charge in [0.2, 0.25) is 5.91 Å². The summed E-state index contributed by atoms with van der Waals surface area (Å²) in [6, 6.07) is 3.92. The molecule has 0 unspecified atom stereocenters. The number of alkyl carbamates (subject to hydrolysis) is 1. The number of aryl methyl sites for hydroxylation is 1. The van der Waals surface area contributed by atoms with E-state index >= 15 is 0 Å². The van der Waals surface area contributed by atoms with Gasteiger partial charge < -0.3 is 15.0 Å². The maximum absolute atomic E-state index is 12.5.